The number of terminal acetylenes is 1. The Morgan fingerprint density at radius 2 is 2.43 bits per heavy atom. The molecule has 0 aliphatic carbocycles. The molecular weight excluding hydrogens is 180 g/mol. The average molecular weight is 188 g/mol. The third-order valence-corrected chi connectivity index (χ3v) is 1.73. The number of hydrogen-bond donors (Lipinski definition) is 1. The second-order valence-electron chi connectivity index (χ2n) is 2.65. The van der Waals surface area contributed by atoms with Gasteiger partial charge < -0.3 is 9.84 Å². The minimum atomic E-state index is 0.475. The van der Waals surface area contributed by atoms with Crippen LogP contribution in [-0.4, -0.2) is 21.7 Å². The number of hydrogen-bond acceptors (Lipinski definition) is 5. The third kappa shape index (κ3) is 1.50. The zero-order valence-electron chi connectivity index (χ0n) is 7.40. The summed E-state index contributed by atoms with van der Waals surface area (Å²) >= 11 is 0. The highest BCUT2D eigenvalue weighted by Gasteiger charge is 2.05. The van der Waals surface area contributed by atoms with Crippen molar-refractivity contribution in [3.8, 4) is 12.3 Å². The molecule has 2 aromatic heterocycles. The van der Waals surface area contributed by atoms with Gasteiger partial charge in [-0.15, -0.1) is 12.3 Å². The molecule has 5 heteroatoms. The van der Waals surface area contributed by atoms with Crippen molar-refractivity contribution >= 4 is 16.9 Å². The molecule has 14 heavy (non-hydrogen) atoms. The number of rotatable bonds is 3. The van der Waals surface area contributed by atoms with E-state index in [1.54, 1.807) is 6.20 Å². The van der Waals surface area contributed by atoms with Crippen LogP contribution in [0.5, 0.6) is 0 Å². The van der Waals surface area contributed by atoms with E-state index in [-0.39, 0.29) is 0 Å². The quantitative estimate of drug-likeness (QED) is 0.576. The van der Waals surface area contributed by atoms with Crippen LogP contribution in [-0.2, 0) is 0 Å². The Balaban J connectivity index is 2.24. The maximum Gasteiger partial charge on any atom is 0.262 e. The lowest BCUT2D eigenvalue weighted by molar-refractivity contribution is 0.448. The first-order valence-corrected chi connectivity index (χ1v) is 4.14. The first-order chi connectivity index (χ1) is 6.92. The number of anilines is 1. The van der Waals surface area contributed by atoms with Gasteiger partial charge in [0.2, 0.25) is 0 Å². The molecule has 2 rings (SSSR count). The highest BCUT2D eigenvalue weighted by molar-refractivity contribution is 5.83. The monoisotopic (exact) mass is 188 g/mol. The normalized spacial score (nSPS) is 9.93. The van der Waals surface area contributed by atoms with Gasteiger partial charge in [0, 0.05) is 13.0 Å². The fraction of sp³-hybridized carbons (Fsp3) is 0.222. The molecule has 2 aromatic rings. The van der Waals surface area contributed by atoms with Crippen LogP contribution in [0.4, 0.5) is 5.82 Å². The lowest BCUT2D eigenvalue weighted by Gasteiger charge is -2.01. The molecular formula is C9H8N4O. The summed E-state index contributed by atoms with van der Waals surface area (Å²) in [6, 6.07) is 0. The van der Waals surface area contributed by atoms with E-state index < -0.39 is 0 Å². The van der Waals surface area contributed by atoms with Gasteiger partial charge >= 0.3 is 0 Å². The standard InChI is InChI=1S/C9H8N4O/c1-2-3-4-10-8-7-5-13-14-9(7)12-6-11-8/h1,5-6H,3-4H2,(H,10,11,12). The van der Waals surface area contributed by atoms with Crippen molar-refractivity contribution in [2.24, 2.45) is 0 Å². The zero-order chi connectivity index (χ0) is 9.80. The minimum Gasteiger partial charge on any atom is -0.368 e. The molecule has 0 aromatic carbocycles. The molecule has 1 N–H and O–H groups in total. The topological polar surface area (TPSA) is 63.8 Å². The summed E-state index contributed by atoms with van der Waals surface area (Å²) in [7, 11) is 0. The molecule has 0 radical (unpaired) electrons. The molecule has 0 atom stereocenters. The summed E-state index contributed by atoms with van der Waals surface area (Å²) in [5, 5.41) is 7.48. The highest BCUT2D eigenvalue weighted by Crippen LogP contribution is 2.17. The largest absolute Gasteiger partial charge is 0.368 e. The van der Waals surface area contributed by atoms with Gasteiger partial charge in [0.15, 0.2) is 0 Å². The van der Waals surface area contributed by atoms with E-state index in [1.807, 2.05) is 0 Å². The summed E-state index contributed by atoms with van der Waals surface area (Å²) in [6.07, 6.45) is 8.78. The smallest absolute Gasteiger partial charge is 0.262 e. The van der Waals surface area contributed by atoms with E-state index in [9.17, 15) is 0 Å². The summed E-state index contributed by atoms with van der Waals surface area (Å²) in [5.41, 5.74) is 0.475. The Morgan fingerprint density at radius 3 is 3.29 bits per heavy atom. The fourth-order valence-electron chi connectivity index (χ4n) is 1.09. The Labute approximate surface area is 80.5 Å². The second-order valence-corrected chi connectivity index (χ2v) is 2.65. The Bertz CT molecular complexity index is 471. The van der Waals surface area contributed by atoms with Crippen LogP contribution >= 0.6 is 0 Å². The Kier molecular flexibility index (Phi) is 2.28. The Morgan fingerprint density at radius 1 is 1.50 bits per heavy atom. The molecule has 0 amide bonds. The zero-order valence-corrected chi connectivity index (χ0v) is 7.40. The molecule has 0 bridgehead atoms. The average Bonchev–Trinajstić information content (AvgIpc) is 2.67. The molecule has 2 heterocycles. The van der Waals surface area contributed by atoms with Crippen LogP contribution in [0, 0.1) is 12.3 Å². The number of nitrogens with one attached hydrogen (secondary N) is 1. The first-order valence-electron chi connectivity index (χ1n) is 4.14. The molecule has 0 saturated carbocycles. The lowest BCUT2D eigenvalue weighted by atomic mass is 10.4. The van der Waals surface area contributed by atoms with Crippen LogP contribution in [0.3, 0.4) is 0 Å². The van der Waals surface area contributed by atoms with E-state index in [1.165, 1.54) is 6.33 Å². The molecule has 0 saturated heterocycles. The fourth-order valence-corrected chi connectivity index (χ4v) is 1.09. The van der Waals surface area contributed by atoms with E-state index in [0.717, 1.165) is 5.39 Å². The lowest BCUT2D eigenvalue weighted by Crippen LogP contribution is -2.02. The molecule has 0 unspecified atom stereocenters. The van der Waals surface area contributed by atoms with Gasteiger partial charge in [-0.1, -0.05) is 5.16 Å². The van der Waals surface area contributed by atoms with E-state index >= 15 is 0 Å². The highest BCUT2D eigenvalue weighted by atomic mass is 16.5. The SMILES string of the molecule is C#CCCNc1ncnc2oncc12. The summed E-state index contributed by atoms with van der Waals surface area (Å²) < 4.78 is 4.88. The van der Waals surface area contributed by atoms with E-state index in [4.69, 9.17) is 10.9 Å². The first kappa shape index (κ1) is 8.51. The van der Waals surface area contributed by atoms with Gasteiger partial charge in [0.25, 0.3) is 5.71 Å². The van der Waals surface area contributed by atoms with Gasteiger partial charge in [-0.3, -0.25) is 0 Å². The molecule has 0 fully saturated rings. The van der Waals surface area contributed by atoms with Gasteiger partial charge in [-0.2, -0.15) is 4.98 Å². The van der Waals surface area contributed by atoms with Crippen LogP contribution in [0.2, 0.25) is 0 Å². The molecule has 5 nitrogen and oxygen atoms in total. The maximum absolute atomic E-state index is 5.13. The number of nitrogens with zero attached hydrogens (tertiary/aromatic N) is 3. The number of aromatic nitrogens is 3. The summed E-state index contributed by atoms with van der Waals surface area (Å²) in [6.45, 7) is 0.674. The van der Waals surface area contributed by atoms with Gasteiger partial charge in [-0.25, -0.2) is 4.98 Å². The second kappa shape index (κ2) is 3.75. The number of fused-ring (bicyclic) bond motifs is 1. The predicted molar refractivity (Wildman–Crippen MR) is 51.5 cm³/mol. The summed E-state index contributed by atoms with van der Waals surface area (Å²) in [4.78, 5) is 7.97. The molecule has 70 valence electrons. The summed E-state index contributed by atoms with van der Waals surface area (Å²) in [5.74, 6) is 3.24. The van der Waals surface area contributed by atoms with Gasteiger partial charge in [0.05, 0.1) is 6.20 Å². The van der Waals surface area contributed by atoms with Crippen LogP contribution in [0.1, 0.15) is 6.42 Å². The Hall–Kier alpha value is -2.09. The van der Waals surface area contributed by atoms with Crippen LogP contribution in [0.15, 0.2) is 17.0 Å². The van der Waals surface area contributed by atoms with Crippen molar-refractivity contribution in [1.29, 1.82) is 0 Å². The van der Waals surface area contributed by atoms with Crippen molar-refractivity contribution in [2.45, 2.75) is 6.42 Å². The van der Waals surface area contributed by atoms with Crippen LogP contribution in [0.25, 0.3) is 11.1 Å². The van der Waals surface area contributed by atoms with Crippen molar-refractivity contribution in [1.82, 2.24) is 15.1 Å². The van der Waals surface area contributed by atoms with E-state index in [0.29, 0.717) is 24.5 Å². The van der Waals surface area contributed by atoms with Crippen LogP contribution < -0.4 is 5.32 Å². The minimum absolute atomic E-state index is 0.475. The maximum atomic E-state index is 5.13. The van der Waals surface area contributed by atoms with Crippen molar-refractivity contribution in [3.05, 3.63) is 12.5 Å². The van der Waals surface area contributed by atoms with Gasteiger partial charge in [-0.05, 0) is 0 Å². The van der Waals surface area contributed by atoms with Crippen molar-refractivity contribution in [3.63, 3.8) is 0 Å². The molecule has 0 spiro atoms. The molecule has 0 aliphatic rings. The predicted octanol–water partition coefficient (Wildman–Crippen LogP) is 1.05. The molecule has 0 aliphatic heterocycles. The van der Waals surface area contributed by atoms with Gasteiger partial charge in [0.1, 0.15) is 17.5 Å². The van der Waals surface area contributed by atoms with Crippen molar-refractivity contribution in [2.75, 3.05) is 11.9 Å². The third-order valence-electron chi connectivity index (χ3n) is 1.73. The van der Waals surface area contributed by atoms with E-state index in [2.05, 4.69) is 26.4 Å². The van der Waals surface area contributed by atoms with Crippen molar-refractivity contribution < 1.29 is 4.52 Å².